The van der Waals surface area contributed by atoms with E-state index < -0.39 is 15.8 Å². The Bertz CT molecular complexity index is 169. The molecule has 0 aliphatic heterocycles. The fourth-order valence-corrected chi connectivity index (χ4v) is 3.12. The molecule has 0 fully saturated rings. The molecule has 11 heavy (non-hydrogen) atoms. The Morgan fingerprint density at radius 2 is 1.64 bits per heavy atom. The summed E-state index contributed by atoms with van der Waals surface area (Å²) in [7, 11) is 6.89. The van der Waals surface area contributed by atoms with Gasteiger partial charge in [-0.1, -0.05) is 11.6 Å². The van der Waals surface area contributed by atoms with Gasteiger partial charge < -0.3 is 0 Å². The Morgan fingerprint density at radius 3 is 1.73 bits per heavy atom. The second kappa shape index (κ2) is 4.60. The fourth-order valence-electron chi connectivity index (χ4n) is 0.409. The van der Waals surface area contributed by atoms with Gasteiger partial charge in [-0.25, -0.2) is 0 Å². The molecule has 64 valence electrons. The highest BCUT2D eigenvalue weighted by atomic mass is 35.7. The Kier molecular flexibility index (Phi) is 4.86. The maximum absolute atomic E-state index is 10.9. The Morgan fingerprint density at radius 1 is 1.27 bits per heavy atom. The van der Waals surface area contributed by atoms with Gasteiger partial charge in [0, 0.05) is 10.0 Å². The number of ketones is 2. The van der Waals surface area contributed by atoms with Crippen LogP contribution < -0.4 is 0 Å². The summed E-state index contributed by atoms with van der Waals surface area (Å²) in [4.78, 5) is 21.7. The largest absolute Gasteiger partial charge is 0.297 e. The van der Waals surface area contributed by atoms with Gasteiger partial charge in [-0.05, 0) is 35.3 Å². The lowest BCUT2D eigenvalue weighted by Gasteiger charge is -2.16. The minimum atomic E-state index is -1.51. The molecular weight excluding hydrogens is 227 g/mol. The average molecular weight is 233 g/mol. The predicted octanol–water partition coefficient (Wildman–Crippen LogP) is 2.63. The molecule has 0 aromatic carbocycles. The van der Waals surface area contributed by atoms with Crippen LogP contribution in [0.1, 0.15) is 13.8 Å². The number of hydrogen-bond acceptors (Lipinski definition) is 4. The highest BCUT2D eigenvalue weighted by Crippen LogP contribution is 2.42. The SMILES string of the molecule is CC(=O)C(Cl)(SSCl)C(C)=O. The minimum absolute atomic E-state index is 0.398. The van der Waals surface area contributed by atoms with Crippen LogP contribution in [-0.2, 0) is 9.59 Å². The first-order chi connectivity index (χ1) is 4.95. The van der Waals surface area contributed by atoms with Crippen molar-refractivity contribution < 1.29 is 9.59 Å². The molecule has 0 aliphatic rings. The maximum Gasteiger partial charge on any atom is 0.216 e. The molecule has 0 spiro atoms. The first-order valence-corrected chi connectivity index (χ1v) is 5.98. The summed E-state index contributed by atoms with van der Waals surface area (Å²) >= 11 is 5.67. The first kappa shape index (κ1) is 11.6. The van der Waals surface area contributed by atoms with E-state index in [9.17, 15) is 9.59 Å². The van der Waals surface area contributed by atoms with Gasteiger partial charge >= 0.3 is 0 Å². The van der Waals surface area contributed by atoms with Crippen molar-refractivity contribution in [1.82, 2.24) is 0 Å². The molecule has 0 bridgehead atoms. The number of halogens is 2. The summed E-state index contributed by atoms with van der Waals surface area (Å²) in [5.41, 5.74) is 0. The van der Waals surface area contributed by atoms with Crippen LogP contribution in [-0.4, -0.2) is 15.8 Å². The summed E-state index contributed by atoms with van der Waals surface area (Å²) < 4.78 is -1.51. The van der Waals surface area contributed by atoms with Crippen LogP contribution in [0.5, 0.6) is 0 Å². The standard InChI is InChI=1S/C5H6Cl2O2S2/c1-3(8)5(6,4(2)9)10-11-7/h1-2H3. The van der Waals surface area contributed by atoms with Crippen LogP contribution in [0.4, 0.5) is 0 Å². The van der Waals surface area contributed by atoms with E-state index in [-0.39, 0.29) is 0 Å². The highest BCUT2D eigenvalue weighted by molar-refractivity contribution is 8.86. The third-order valence-corrected chi connectivity index (χ3v) is 4.46. The van der Waals surface area contributed by atoms with E-state index in [1.165, 1.54) is 13.8 Å². The predicted molar refractivity (Wildman–Crippen MR) is 51.0 cm³/mol. The summed E-state index contributed by atoms with van der Waals surface area (Å²) in [6.45, 7) is 2.52. The normalized spacial score (nSPS) is 11.3. The van der Waals surface area contributed by atoms with Crippen LogP contribution in [0.2, 0.25) is 0 Å². The monoisotopic (exact) mass is 232 g/mol. The lowest BCUT2D eigenvalue weighted by atomic mass is 10.2. The van der Waals surface area contributed by atoms with E-state index in [4.69, 9.17) is 22.3 Å². The van der Waals surface area contributed by atoms with Gasteiger partial charge in [-0.3, -0.25) is 9.59 Å². The van der Waals surface area contributed by atoms with Gasteiger partial charge in [0.2, 0.25) is 4.21 Å². The average Bonchev–Trinajstić information content (AvgIpc) is 1.87. The molecule has 0 saturated heterocycles. The molecule has 0 aliphatic carbocycles. The molecule has 0 amide bonds. The first-order valence-electron chi connectivity index (χ1n) is 2.62. The molecule has 0 aromatic rings. The highest BCUT2D eigenvalue weighted by Gasteiger charge is 2.39. The second-order valence-electron chi connectivity index (χ2n) is 1.85. The number of carbonyl (C=O) groups is 2. The van der Waals surface area contributed by atoms with Gasteiger partial charge in [-0.2, -0.15) is 0 Å². The Labute approximate surface area is 82.3 Å². The third-order valence-electron chi connectivity index (χ3n) is 1.05. The third kappa shape index (κ3) is 2.86. The van der Waals surface area contributed by atoms with Crippen molar-refractivity contribution in [2.24, 2.45) is 0 Å². The van der Waals surface area contributed by atoms with Crippen LogP contribution in [0.25, 0.3) is 0 Å². The number of hydrogen-bond donors (Lipinski definition) is 0. The Balaban J connectivity index is 4.52. The smallest absolute Gasteiger partial charge is 0.216 e. The molecule has 0 N–H and O–H groups in total. The number of alkyl halides is 1. The van der Waals surface area contributed by atoms with E-state index in [0.717, 1.165) is 20.8 Å². The van der Waals surface area contributed by atoms with Crippen molar-refractivity contribution in [2.45, 2.75) is 18.1 Å². The zero-order chi connectivity index (χ0) is 9.07. The molecule has 0 unspecified atom stereocenters. The van der Waals surface area contributed by atoms with Crippen molar-refractivity contribution in [3.8, 4) is 0 Å². The van der Waals surface area contributed by atoms with Gasteiger partial charge in [0.1, 0.15) is 0 Å². The Hall–Kier alpha value is 0.620. The van der Waals surface area contributed by atoms with E-state index in [2.05, 4.69) is 0 Å². The molecule has 0 heterocycles. The van der Waals surface area contributed by atoms with Crippen molar-refractivity contribution in [2.75, 3.05) is 0 Å². The van der Waals surface area contributed by atoms with Crippen molar-refractivity contribution in [3.63, 3.8) is 0 Å². The van der Waals surface area contributed by atoms with Crippen LogP contribution in [0.3, 0.4) is 0 Å². The van der Waals surface area contributed by atoms with Gasteiger partial charge in [0.05, 0.1) is 0 Å². The van der Waals surface area contributed by atoms with Crippen molar-refractivity contribution in [3.05, 3.63) is 0 Å². The number of carbonyl (C=O) groups excluding carboxylic acids is 2. The zero-order valence-corrected chi connectivity index (χ0v) is 9.03. The molecule has 2 nitrogen and oxygen atoms in total. The van der Waals surface area contributed by atoms with Crippen molar-refractivity contribution in [1.29, 1.82) is 0 Å². The van der Waals surface area contributed by atoms with Gasteiger partial charge in [0.15, 0.2) is 11.6 Å². The topological polar surface area (TPSA) is 34.1 Å². The fraction of sp³-hybridized carbons (Fsp3) is 0.600. The van der Waals surface area contributed by atoms with Crippen LogP contribution in [0, 0.1) is 0 Å². The van der Waals surface area contributed by atoms with E-state index in [1.54, 1.807) is 0 Å². The molecule has 0 saturated carbocycles. The molecule has 0 atom stereocenters. The molecule has 0 rings (SSSR count). The van der Waals surface area contributed by atoms with Crippen LogP contribution in [0.15, 0.2) is 0 Å². The van der Waals surface area contributed by atoms with Crippen molar-refractivity contribution >= 4 is 54.7 Å². The van der Waals surface area contributed by atoms with Gasteiger partial charge in [-0.15, -0.1) is 0 Å². The van der Waals surface area contributed by atoms with Crippen LogP contribution >= 0.6 is 43.1 Å². The summed E-state index contributed by atoms with van der Waals surface area (Å²) in [5, 5.41) is 0. The van der Waals surface area contributed by atoms with E-state index in [1.807, 2.05) is 0 Å². The molecule has 0 aromatic heterocycles. The summed E-state index contributed by atoms with van der Waals surface area (Å²) in [6.07, 6.45) is 0. The molecular formula is C5H6Cl2O2S2. The lowest BCUT2D eigenvalue weighted by Crippen LogP contribution is -2.33. The lowest BCUT2D eigenvalue weighted by molar-refractivity contribution is -0.125. The maximum atomic E-state index is 10.9. The summed E-state index contributed by atoms with van der Waals surface area (Å²) in [6, 6.07) is 0. The van der Waals surface area contributed by atoms with Gasteiger partial charge in [0.25, 0.3) is 0 Å². The van der Waals surface area contributed by atoms with E-state index >= 15 is 0 Å². The minimum Gasteiger partial charge on any atom is -0.297 e. The number of rotatable bonds is 4. The molecule has 0 radical (unpaired) electrons. The quantitative estimate of drug-likeness (QED) is 0.424. The molecule has 6 heteroatoms. The zero-order valence-electron chi connectivity index (χ0n) is 5.89. The number of Topliss-reactive ketones (excluding diaryl/α,β-unsaturated/α-hetero) is 2. The second-order valence-corrected chi connectivity index (χ2v) is 5.56. The van der Waals surface area contributed by atoms with E-state index in [0.29, 0.717) is 0 Å². The summed E-state index contributed by atoms with van der Waals surface area (Å²) in [5.74, 6) is -0.797.